The minimum absolute atomic E-state index is 0.242. The summed E-state index contributed by atoms with van der Waals surface area (Å²) >= 11 is 0. The van der Waals surface area contributed by atoms with Gasteiger partial charge < -0.3 is 20.9 Å². The van der Waals surface area contributed by atoms with E-state index in [1.165, 1.54) is 7.11 Å². The van der Waals surface area contributed by atoms with Gasteiger partial charge in [0.25, 0.3) is 0 Å². The van der Waals surface area contributed by atoms with Crippen LogP contribution in [0.25, 0.3) is 0 Å². The van der Waals surface area contributed by atoms with Crippen LogP contribution < -0.4 is 11.1 Å². The summed E-state index contributed by atoms with van der Waals surface area (Å²) in [4.78, 5) is 11.8. The molecule has 0 saturated heterocycles. The molecule has 0 aliphatic rings. The average molecular weight is 266 g/mol. The molecule has 5 nitrogen and oxygen atoms in total. The van der Waals surface area contributed by atoms with Crippen LogP contribution in [0.3, 0.4) is 0 Å². The van der Waals surface area contributed by atoms with Crippen LogP contribution in [0.5, 0.6) is 0 Å². The van der Waals surface area contributed by atoms with Crippen LogP contribution >= 0.6 is 0 Å². The zero-order valence-corrected chi connectivity index (χ0v) is 11.4. The van der Waals surface area contributed by atoms with Gasteiger partial charge in [-0.1, -0.05) is 29.8 Å². The number of benzene rings is 1. The van der Waals surface area contributed by atoms with Crippen molar-refractivity contribution >= 4 is 5.91 Å². The Morgan fingerprint density at radius 3 is 2.63 bits per heavy atom. The van der Waals surface area contributed by atoms with Gasteiger partial charge in [0.05, 0.1) is 12.7 Å². The van der Waals surface area contributed by atoms with E-state index in [4.69, 9.17) is 10.5 Å². The van der Waals surface area contributed by atoms with E-state index in [-0.39, 0.29) is 12.5 Å². The van der Waals surface area contributed by atoms with Crippen molar-refractivity contribution in [2.45, 2.75) is 25.5 Å². The number of carbonyl (C=O) groups excluding carboxylic acids is 1. The fourth-order valence-electron chi connectivity index (χ4n) is 1.67. The molecule has 1 aromatic carbocycles. The van der Waals surface area contributed by atoms with Crippen molar-refractivity contribution in [2.75, 3.05) is 20.3 Å². The van der Waals surface area contributed by atoms with E-state index in [2.05, 4.69) is 5.32 Å². The lowest BCUT2D eigenvalue weighted by Gasteiger charge is -2.14. The lowest BCUT2D eigenvalue weighted by Crippen LogP contribution is -2.36. The third-order valence-electron chi connectivity index (χ3n) is 2.85. The molecule has 0 aliphatic carbocycles. The van der Waals surface area contributed by atoms with E-state index in [1.807, 2.05) is 31.2 Å². The molecule has 1 amide bonds. The number of nitrogens with one attached hydrogen (secondary N) is 1. The van der Waals surface area contributed by atoms with E-state index in [0.29, 0.717) is 13.0 Å². The van der Waals surface area contributed by atoms with E-state index in [9.17, 15) is 9.90 Å². The highest BCUT2D eigenvalue weighted by Crippen LogP contribution is 2.11. The number of hydrogen-bond acceptors (Lipinski definition) is 4. The number of amides is 1. The summed E-state index contributed by atoms with van der Waals surface area (Å²) in [6.45, 7) is 2.62. The van der Waals surface area contributed by atoms with Gasteiger partial charge >= 0.3 is 0 Å². The van der Waals surface area contributed by atoms with Gasteiger partial charge in [-0.05, 0) is 18.9 Å². The predicted octanol–water partition coefficient (Wildman–Crippen LogP) is 0.508. The van der Waals surface area contributed by atoms with Crippen molar-refractivity contribution in [2.24, 2.45) is 5.73 Å². The third kappa shape index (κ3) is 5.38. The highest BCUT2D eigenvalue weighted by Gasteiger charge is 2.15. The van der Waals surface area contributed by atoms with Gasteiger partial charge in [-0.2, -0.15) is 0 Å². The minimum Gasteiger partial charge on any atom is -0.391 e. The van der Waals surface area contributed by atoms with Crippen molar-refractivity contribution in [3.63, 3.8) is 0 Å². The van der Waals surface area contributed by atoms with Gasteiger partial charge in [0.15, 0.2) is 0 Å². The first-order chi connectivity index (χ1) is 9.04. The van der Waals surface area contributed by atoms with E-state index in [1.54, 1.807) is 0 Å². The molecule has 2 atom stereocenters. The van der Waals surface area contributed by atoms with Crippen molar-refractivity contribution in [1.82, 2.24) is 5.32 Å². The summed E-state index contributed by atoms with van der Waals surface area (Å²) in [6, 6.07) is 6.86. The summed E-state index contributed by atoms with van der Waals surface area (Å²) < 4.78 is 4.80. The minimum atomic E-state index is -0.680. The quantitative estimate of drug-likeness (QED) is 0.671. The standard InChI is InChI=1S/C14H22N2O3/c1-10-3-5-11(6-4-10)13(15)14(18)16-8-7-12(17)9-19-2/h3-6,12-13,17H,7-9,15H2,1-2H3,(H,16,18). The molecule has 5 heteroatoms. The molecule has 0 heterocycles. The number of aliphatic hydroxyl groups is 1. The number of aryl methyl sites for hydroxylation is 1. The topological polar surface area (TPSA) is 84.6 Å². The summed E-state index contributed by atoms with van der Waals surface area (Å²) in [7, 11) is 1.52. The van der Waals surface area contributed by atoms with E-state index >= 15 is 0 Å². The second-order valence-electron chi connectivity index (χ2n) is 4.58. The van der Waals surface area contributed by atoms with Crippen molar-refractivity contribution < 1.29 is 14.6 Å². The molecule has 1 aromatic rings. The van der Waals surface area contributed by atoms with Gasteiger partial charge in [0.2, 0.25) is 5.91 Å². The summed E-state index contributed by atoms with van der Waals surface area (Å²) in [5.74, 6) is -0.242. The second kappa shape index (κ2) is 7.89. The Labute approximate surface area is 113 Å². The Hall–Kier alpha value is -1.43. The molecule has 1 rings (SSSR count). The fraction of sp³-hybridized carbons (Fsp3) is 0.500. The SMILES string of the molecule is COCC(O)CCNC(=O)C(N)c1ccc(C)cc1. The molecule has 0 bridgehead atoms. The van der Waals surface area contributed by atoms with Crippen LogP contribution in [-0.4, -0.2) is 37.4 Å². The first-order valence-corrected chi connectivity index (χ1v) is 6.31. The maximum Gasteiger partial charge on any atom is 0.241 e. The number of methoxy groups -OCH3 is 1. The van der Waals surface area contributed by atoms with Gasteiger partial charge in [-0.25, -0.2) is 0 Å². The van der Waals surface area contributed by atoms with Crippen molar-refractivity contribution in [3.8, 4) is 0 Å². The molecular formula is C14H22N2O3. The number of rotatable bonds is 7. The maximum absolute atomic E-state index is 11.8. The van der Waals surface area contributed by atoms with Crippen LogP contribution in [0.15, 0.2) is 24.3 Å². The fourth-order valence-corrected chi connectivity index (χ4v) is 1.67. The van der Waals surface area contributed by atoms with Crippen molar-refractivity contribution in [3.05, 3.63) is 35.4 Å². The number of hydrogen-bond donors (Lipinski definition) is 3. The maximum atomic E-state index is 11.8. The molecule has 0 aromatic heterocycles. The first kappa shape index (κ1) is 15.6. The molecule has 0 saturated carbocycles. The smallest absolute Gasteiger partial charge is 0.241 e. The monoisotopic (exact) mass is 266 g/mol. The highest BCUT2D eigenvalue weighted by atomic mass is 16.5. The Balaban J connectivity index is 2.38. The first-order valence-electron chi connectivity index (χ1n) is 6.31. The molecule has 2 unspecified atom stereocenters. The highest BCUT2D eigenvalue weighted by molar-refractivity contribution is 5.82. The molecule has 4 N–H and O–H groups in total. The molecule has 19 heavy (non-hydrogen) atoms. The van der Waals surface area contributed by atoms with Gasteiger partial charge in [-0.15, -0.1) is 0 Å². The number of ether oxygens (including phenoxy) is 1. The zero-order chi connectivity index (χ0) is 14.3. The summed E-state index contributed by atoms with van der Waals surface area (Å²) in [6.07, 6.45) is -0.124. The number of nitrogens with two attached hydrogens (primary N) is 1. The van der Waals surface area contributed by atoms with Crippen LogP contribution in [0.2, 0.25) is 0 Å². The van der Waals surface area contributed by atoms with Gasteiger partial charge in [0.1, 0.15) is 6.04 Å². The van der Waals surface area contributed by atoms with Crippen LogP contribution in [0.1, 0.15) is 23.6 Å². The molecular weight excluding hydrogens is 244 g/mol. The third-order valence-corrected chi connectivity index (χ3v) is 2.85. The largest absolute Gasteiger partial charge is 0.391 e. The normalized spacial score (nSPS) is 13.9. The Kier molecular flexibility index (Phi) is 6.49. The Bertz CT molecular complexity index is 392. The molecule has 0 aliphatic heterocycles. The van der Waals surface area contributed by atoms with Gasteiger partial charge in [0, 0.05) is 13.7 Å². The second-order valence-corrected chi connectivity index (χ2v) is 4.58. The van der Waals surface area contributed by atoms with E-state index in [0.717, 1.165) is 11.1 Å². The van der Waals surface area contributed by atoms with Crippen LogP contribution in [-0.2, 0) is 9.53 Å². The molecule has 0 fully saturated rings. The zero-order valence-electron chi connectivity index (χ0n) is 11.4. The van der Waals surface area contributed by atoms with Crippen LogP contribution in [0, 0.1) is 6.92 Å². The Morgan fingerprint density at radius 2 is 2.05 bits per heavy atom. The van der Waals surface area contributed by atoms with Crippen LogP contribution in [0.4, 0.5) is 0 Å². The average Bonchev–Trinajstić information content (AvgIpc) is 2.39. The summed E-state index contributed by atoms with van der Waals surface area (Å²) in [5, 5.41) is 12.1. The summed E-state index contributed by atoms with van der Waals surface area (Å²) in [5.41, 5.74) is 7.77. The number of carbonyl (C=O) groups is 1. The molecule has 106 valence electrons. The van der Waals surface area contributed by atoms with Gasteiger partial charge in [-0.3, -0.25) is 4.79 Å². The lowest BCUT2D eigenvalue weighted by molar-refractivity contribution is -0.122. The predicted molar refractivity (Wildman–Crippen MR) is 73.6 cm³/mol. The molecule has 0 spiro atoms. The Morgan fingerprint density at radius 1 is 1.42 bits per heavy atom. The van der Waals surface area contributed by atoms with E-state index < -0.39 is 12.1 Å². The lowest BCUT2D eigenvalue weighted by atomic mass is 10.1. The molecule has 0 radical (unpaired) electrons. The number of aliphatic hydroxyl groups excluding tert-OH is 1. The van der Waals surface area contributed by atoms with Crippen molar-refractivity contribution in [1.29, 1.82) is 0 Å².